The summed E-state index contributed by atoms with van der Waals surface area (Å²) in [5.41, 5.74) is 9.34. The molecule has 0 N–H and O–H groups in total. The summed E-state index contributed by atoms with van der Waals surface area (Å²) in [5, 5.41) is 8.24. The number of hydrogen-bond donors (Lipinski definition) is 0. The maximum absolute atomic E-state index is 6.59. The fourth-order valence-corrected chi connectivity index (χ4v) is 14.7. The largest absolute Gasteiger partial charge is 0.486 e. The van der Waals surface area contributed by atoms with Crippen molar-refractivity contribution >= 4 is 67.9 Å². The number of fused-ring (bicyclic) bond motifs is 11. The zero-order valence-electron chi connectivity index (χ0n) is 33.1. The van der Waals surface area contributed by atoms with Gasteiger partial charge in [0, 0.05) is 55.4 Å². The lowest BCUT2D eigenvalue weighted by molar-refractivity contribution is 0.152. The molecule has 0 saturated heterocycles. The second-order valence-electron chi connectivity index (χ2n) is 16.1. The summed E-state index contributed by atoms with van der Waals surface area (Å²) in [5.74, 6) is 1.34. The highest BCUT2D eigenvalue weighted by Crippen LogP contribution is 2.50. The van der Waals surface area contributed by atoms with E-state index >= 15 is 0 Å². The van der Waals surface area contributed by atoms with Crippen molar-refractivity contribution in [1.82, 2.24) is 19.1 Å². The Hall–Kier alpha value is -7.28. The first-order valence-electron chi connectivity index (χ1n) is 20.8. The maximum atomic E-state index is 6.59. The summed E-state index contributed by atoms with van der Waals surface area (Å²) in [4.78, 5) is 11.0. The second kappa shape index (κ2) is 13.7. The van der Waals surface area contributed by atoms with Crippen LogP contribution < -0.4 is 25.7 Å². The minimum atomic E-state index is -3.06. The first kappa shape index (κ1) is 34.7. The van der Waals surface area contributed by atoms with Gasteiger partial charge in [-0.25, -0.2) is 0 Å². The van der Waals surface area contributed by atoms with E-state index in [2.05, 4.69) is 223 Å². The van der Waals surface area contributed by atoms with Crippen molar-refractivity contribution < 1.29 is 4.74 Å². The number of hydrogen-bond acceptors (Lipinski definition) is 3. The van der Waals surface area contributed by atoms with Gasteiger partial charge in [0.05, 0.1) is 40.3 Å². The highest BCUT2D eigenvalue weighted by Gasteiger charge is 2.45. The summed E-state index contributed by atoms with van der Waals surface area (Å²) in [6, 6.07) is 65.6. The molecule has 6 heteroatoms. The summed E-state index contributed by atoms with van der Waals surface area (Å²) >= 11 is 0. The lowest BCUT2D eigenvalue weighted by Gasteiger charge is -2.36. The average molecular weight is 789 g/mol. The molecule has 12 rings (SSSR count). The summed E-state index contributed by atoms with van der Waals surface area (Å²) in [6.07, 6.45) is 8.70. The molecule has 286 valence electrons. The Morgan fingerprint density at radius 1 is 0.500 bits per heavy atom. The minimum absolute atomic E-state index is 0.0118. The average Bonchev–Trinajstić information content (AvgIpc) is 3.80. The Morgan fingerprint density at radius 2 is 1.00 bits per heavy atom. The molecule has 3 atom stereocenters. The topological polar surface area (TPSA) is 44.9 Å². The van der Waals surface area contributed by atoms with Crippen molar-refractivity contribution in [3.05, 3.63) is 217 Å². The molecule has 1 aliphatic carbocycles. The lowest BCUT2D eigenvalue weighted by atomic mass is 9.79. The monoisotopic (exact) mass is 788 g/mol. The summed E-state index contributed by atoms with van der Waals surface area (Å²) in [7, 11) is -3.06. The molecule has 10 aromatic rings. The molecule has 0 amide bonds. The fourth-order valence-electron chi connectivity index (χ4n) is 10.4. The van der Waals surface area contributed by atoms with Gasteiger partial charge >= 0.3 is 0 Å². The van der Waals surface area contributed by atoms with Gasteiger partial charge in [-0.1, -0.05) is 146 Å². The van der Waals surface area contributed by atoms with Crippen LogP contribution in [-0.2, 0) is 0 Å². The Kier molecular flexibility index (Phi) is 7.90. The third-order valence-electron chi connectivity index (χ3n) is 13.0. The third-order valence-corrected chi connectivity index (χ3v) is 17.6. The molecule has 0 spiro atoms. The van der Waals surface area contributed by atoms with Crippen LogP contribution in [0.15, 0.2) is 200 Å². The first-order valence-corrected chi connectivity index (χ1v) is 22.8. The Morgan fingerprint density at radius 3 is 1.58 bits per heavy atom. The van der Waals surface area contributed by atoms with Gasteiger partial charge in [-0.3, -0.25) is 9.97 Å². The Bertz CT molecular complexity index is 3170. The van der Waals surface area contributed by atoms with Crippen molar-refractivity contribution in [2.45, 2.75) is 18.9 Å². The van der Waals surface area contributed by atoms with E-state index in [-0.39, 0.29) is 17.9 Å². The van der Waals surface area contributed by atoms with Gasteiger partial charge in [-0.2, -0.15) is 0 Å². The van der Waals surface area contributed by atoms with Crippen LogP contribution in [0.2, 0.25) is 0 Å². The molecular formula is C54H40N4OSi. The zero-order chi connectivity index (χ0) is 39.8. The molecule has 60 heavy (non-hydrogen) atoms. The quantitative estimate of drug-likeness (QED) is 0.158. The van der Waals surface area contributed by atoms with Gasteiger partial charge in [0.15, 0.2) is 0 Å². The van der Waals surface area contributed by atoms with Crippen LogP contribution in [0.5, 0.6) is 5.75 Å². The minimum Gasteiger partial charge on any atom is -0.486 e. The third kappa shape index (κ3) is 5.04. The van der Waals surface area contributed by atoms with Crippen molar-refractivity contribution in [3.8, 4) is 17.1 Å². The molecule has 0 radical (unpaired) electrons. The number of aromatic nitrogens is 4. The van der Waals surface area contributed by atoms with E-state index in [0.717, 1.165) is 27.8 Å². The molecule has 2 aliphatic rings. The normalized spacial score (nSPS) is 17.0. The lowest BCUT2D eigenvalue weighted by Crippen LogP contribution is -2.76. The smallest absolute Gasteiger partial charge is 0.223 e. The SMILES string of the molecule is CC1C2C=Cc3c(n(-c4ccc([Si](c5ccccc5)(c5ccccc5)c5ccc(-n6c7ccccc7c7ccccc76)cn5)nc4)c4ccccc34)C1c1ccccc1O2. The van der Waals surface area contributed by atoms with Crippen LogP contribution in [0.25, 0.3) is 50.2 Å². The maximum Gasteiger partial charge on any atom is 0.223 e. The molecule has 4 aromatic heterocycles. The molecule has 0 fully saturated rings. The highest BCUT2D eigenvalue weighted by atomic mass is 28.3. The number of para-hydroxylation sites is 4. The Labute approximate surface area is 349 Å². The molecule has 1 aliphatic heterocycles. The first-order chi connectivity index (χ1) is 29.7. The van der Waals surface area contributed by atoms with Gasteiger partial charge in [-0.15, -0.1) is 0 Å². The van der Waals surface area contributed by atoms with Crippen LogP contribution in [0.3, 0.4) is 0 Å². The molecule has 5 heterocycles. The molecule has 5 nitrogen and oxygen atoms in total. The van der Waals surface area contributed by atoms with E-state index in [0.29, 0.717) is 0 Å². The number of benzene rings is 6. The second-order valence-corrected chi connectivity index (χ2v) is 19.8. The molecular weight excluding hydrogens is 749 g/mol. The molecule has 6 aromatic carbocycles. The van der Waals surface area contributed by atoms with E-state index in [1.54, 1.807) is 0 Å². The van der Waals surface area contributed by atoms with E-state index in [9.17, 15) is 0 Å². The van der Waals surface area contributed by atoms with Crippen LogP contribution in [-0.4, -0.2) is 33.3 Å². The van der Waals surface area contributed by atoms with Crippen molar-refractivity contribution in [3.63, 3.8) is 0 Å². The molecule has 3 unspecified atom stereocenters. The number of nitrogens with zero attached hydrogens (tertiary/aromatic N) is 4. The van der Waals surface area contributed by atoms with Crippen molar-refractivity contribution in [1.29, 1.82) is 0 Å². The zero-order valence-corrected chi connectivity index (χ0v) is 34.1. The van der Waals surface area contributed by atoms with E-state index < -0.39 is 8.07 Å². The van der Waals surface area contributed by atoms with Crippen LogP contribution in [0, 0.1) is 5.92 Å². The van der Waals surface area contributed by atoms with Gasteiger partial charge < -0.3 is 13.9 Å². The number of pyridine rings is 2. The van der Waals surface area contributed by atoms with Gasteiger partial charge in [0.1, 0.15) is 11.9 Å². The summed E-state index contributed by atoms with van der Waals surface area (Å²) < 4.78 is 11.4. The highest BCUT2D eigenvalue weighted by molar-refractivity contribution is 7.19. The van der Waals surface area contributed by atoms with E-state index in [4.69, 9.17) is 14.7 Å². The van der Waals surface area contributed by atoms with E-state index in [1.807, 2.05) is 0 Å². The van der Waals surface area contributed by atoms with Crippen LogP contribution in [0.4, 0.5) is 0 Å². The van der Waals surface area contributed by atoms with Crippen LogP contribution >= 0.6 is 0 Å². The van der Waals surface area contributed by atoms with E-state index in [1.165, 1.54) is 59.9 Å². The van der Waals surface area contributed by atoms with Crippen molar-refractivity contribution in [2.24, 2.45) is 5.92 Å². The van der Waals surface area contributed by atoms with Gasteiger partial charge in [-0.05, 0) is 65.0 Å². The molecule has 2 bridgehead atoms. The van der Waals surface area contributed by atoms with Gasteiger partial charge in [0.2, 0.25) is 8.07 Å². The molecule has 0 saturated carbocycles. The van der Waals surface area contributed by atoms with Crippen molar-refractivity contribution in [2.75, 3.05) is 0 Å². The number of ether oxygens (including phenoxy) is 1. The summed E-state index contributed by atoms with van der Waals surface area (Å²) in [6.45, 7) is 2.33. The van der Waals surface area contributed by atoms with Gasteiger partial charge in [0.25, 0.3) is 0 Å². The number of rotatable bonds is 6. The standard InChI is InChI=1S/C54H40N4OSi/c1-36-49-31-30-44-43-22-10-14-26-48(43)58(54(44)53(36)45-23-11-15-27-50(45)59-49)38-29-33-52(56-35-38)60(39-16-4-2-5-17-39,40-18-6-3-7-19-40)51-32-28-37(34-55-51)57-46-24-12-8-20-41(46)42-21-9-13-25-47(42)57/h2-36,49,53H,1H3. The van der Waals surface area contributed by atoms with Crippen LogP contribution in [0.1, 0.15) is 29.7 Å². The predicted molar refractivity (Wildman–Crippen MR) is 248 cm³/mol. The predicted octanol–water partition coefficient (Wildman–Crippen LogP) is 9.45. The Balaban J connectivity index is 1.06. The fraction of sp³-hybridized carbons (Fsp3) is 0.0741.